The number of hydrogen-bond donors (Lipinski definition) is 0. The van der Waals surface area contributed by atoms with E-state index in [4.69, 9.17) is 15.9 Å². The summed E-state index contributed by atoms with van der Waals surface area (Å²) in [6, 6.07) is 8.41. The van der Waals surface area contributed by atoms with Gasteiger partial charge < -0.3 is 9.47 Å². The van der Waals surface area contributed by atoms with Gasteiger partial charge in [-0.05, 0) is 43.9 Å². The zero-order valence-electron chi connectivity index (χ0n) is 16.1. The topological polar surface area (TPSA) is 18.5 Å². The first kappa shape index (κ1) is 21.7. The fourth-order valence-corrected chi connectivity index (χ4v) is 2.90. The molecule has 140 valence electrons. The van der Waals surface area contributed by atoms with Crippen LogP contribution < -0.4 is 0 Å². The Morgan fingerprint density at radius 2 is 1.28 bits per heavy atom. The molecule has 0 aliphatic rings. The quantitative estimate of drug-likeness (QED) is 0.280. The van der Waals surface area contributed by atoms with Gasteiger partial charge in [-0.2, -0.15) is 0 Å². The molecule has 1 rings (SSSR count). The molecule has 0 fully saturated rings. The maximum Gasteiger partial charge on any atom is 0.0700 e. The second-order valence-electron chi connectivity index (χ2n) is 6.58. The van der Waals surface area contributed by atoms with Crippen molar-refractivity contribution >= 4 is 0 Å². The summed E-state index contributed by atoms with van der Waals surface area (Å²) in [5.74, 6) is 2.66. The summed E-state index contributed by atoms with van der Waals surface area (Å²) in [7, 11) is 0. The number of benzene rings is 1. The summed E-state index contributed by atoms with van der Waals surface area (Å²) in [5, 5.41) is 0. The maximum absolute atomic E-state index is 5.52. The number of hydrogen-bond acceptors (Lipinski definition) is 2. The Morgan fingerprint density at radius 3 is 1.88 bits per heavy atom. The van der Waals surface area contributed by atoms with Crippen LogP contribution in [-0.4, -0.2) is 26.4 Å². The van der Waals surface area contributed by atoms with Crippen LogP contribution in [0.1, 0.15) is 75.8 Å². The molecule has 0 heterocycles. The summed E-state index contributed by atoms with van der Waals surface area (Å²) in [6.45, 7) is 5.15. The standard InChI is InChI=1S/C23H36O2/c1-3-22-15-17-23(18-16-22)14-12-10-8-6-5-7-9-11-13-19-25-21-20-24-4-2/h1,15-18H,4-14,19-21H2,2H3. The first-order valence-corrected chi connectivity index (χ1v) is 10.1. The third-order valence-electron chi connectivity index (χ3n) is 4.45. The van der Waals surface area contributed by atoms with E-state index >= 15 is 0 Å². The van der Waals surface area contributed by atoms with Crippen LogP contribution in [0.15, 0.2) is 24.3 Å². The van der Waals surface area contributed by atoms with Gasteiger partial charge in [0.15, 0.2) is 0 Å². The van der Waals surface area contributed by atoms with Crippen molar-refractivity contribution in [1.82, 2.24) is 0 Å². The second kappa shape index (κ2) is 16.2. The Hall–Kier alpha value is -1.30. The summed E-state index contributed by atoms with van der Waals surface area (Å²) in [4.78, 5) is 0. The van der Waals surface area contributed by atoms with E-state index in [0.29, 0.717) is 0 Å². The Balaban J connectivity index is 1.79. The van der Waals surface area contributed by atoms with E-state index in [1.807, 2.05) is 19.1 Å². The van der Waals surface area contributed by atoms with Gasteiger partial charge in [0.25, 0.3) is 0 Å². The van der Waals surface area contributed by atoms with Crippen LogP contribution in [0.4, 0.5) is 0 Å². The van der Waals surface area contributed by atoms with E-state index < -0.39 is 0 Å². The Kier molecular flexibility index (Phi) is 14.1. The minimum Gasteiger partial charge on any atom is -0.379 e. The number of unbranched alkanes of at least 4 members (excludes halogenated alkanes) is 8. The molecule has 25 heavy (non-hydrogen) atoms. The van der Waals surface area contributed by atoms with Crippen LogP contribution in [0.5, 0.6) is 0 Å². The van der Waals surface area contributed by atoms with Crippen molar-refractivity contribution in [2.75, 3.05) is 26.4 Å². The lowest BCUT2D eigenvalue weighted by molar-refractivity contribution is 0.0512. The molecule has 0 saturated heterocycles. The number of aryl methyl sites for hydroxylation is 1. The van der Waals surface area contributed by atoms with Gasteiger partial charge in [0.05, 0.1) is 13.2 Å². The summed E-state index contributed by atoms with van der Waals surface area (Å²) < 4.78 is 10.8. The first-order valence-electron chi connectivity index (χ1n) is 10.1. The van der Waals surface area contributed by atoms with E-state index in [2.05, 4.69) is 18.1 Å². The van der Waals surface area contributed by atoms with E-state index in [9.17, 15) is 0 Å². The first-order chi connectivity index (χ1) is 12.4. The minimum absolute atomic E-state index is 0.729. The molecule has 0 amide bonds. The van der Waals surface area contributed by atoms with E-state index in [1.165, 1.54) is 69.8 Å². The van der Waals surface area contributed by atoms with Crippen LogP contribution in [0.25, 0.3) is 0 Å². The fourth-order valence-electron chi connectivity index (χ4n) is 2.90. The number of ether oxygens (including phenoxy) is 2. The zero-order chi connectivity index (χ0) is 18.0. The molecular formula is C23H36O2. The highest BCUT2D eigenvalue weighted by molar-refractivity contribution is 5.34. The highest BCUT2D eigenvalue weighted by Crippen LogP contribution is 2.12. The third kappa shape index (κ3) is 12.7. The van der Waals surface area contributed by atoms with Gasteiger partial charge in [-0.15, -0.1) is 6.42 Å². The van der Waals surface area contributed by atoms with Crippen LogP contribution in [0.3, 0.4) is 0 Å². The molecule has 0 aliphatic carbocycles. The molecule has 0 unspecified atom stereocenters. The Bertz CT molecular complexity index is 444. The van der Waals surface area contributed by atoms with Gasteiger partial charge in [0.2, 0.25) is 0 Å². The van der Waals surface area contributed by atoms with Crippen molar-refractivity contribution in [2.24, 2.45) is 0 Å². The predicted octanol–water partition coefficient (Wildman–Crippen LogP) is 5.77. The molecule has 0 atom stereocenters. The van der Waals surface area contributed by atoms with Crippen molar-refractivity contribution in [3.63, 3.8) is 0 Å². The number of rotatable bonds is 16. The molecule has 0 bridgehead atoms. The molecule has 2 heteroatoms. The number of terminal acetylenes is 1. The minimum atomic E-state index is 0.729. The SMILES string of the molecule is C#Cc1ccc(CCCCCCCCCCCOCCOCC)cc1. The van der Waals surface area contributed by atoms with Crippen molar-refractivity contribution in [3.05, 3.63) is 35.4 Å². The van der Waals surface area contributed by atoms with Crippen LogP contribution in [0.2, 0.25) is 0 Å². The molecule has 1 aromatic rings. The lowest BCUT2D eigenvalue weighted by Gasteiger charge is -2.05. The van der Waals surface area contributed by atoms with Crippen molar-refractivity contribution in [1.29, 1.82) is 0 Å². The lowest BCUT2D eigenvalue weighted by atomic mass is 10.0. The second-order valence-corrected chi connectivity index (χ2v) is 6.58. The predicted molar refractivity (Wildman–Crippen MR) is 107 cm³/mol. The van der Waals surface area contributed by atoms with E-state index in [1.54, 1.807) is 0 Å². The maximum atomic E-state index is 5.52. The fraction of sp³-hybridized carbons (Fsp3) is 0.652. The average molecular weight is 345 g/mol. The molecule has 0 spiro atoms. The summed E-state index contributed by atoms with van der Waals surface area (Å²) in [6.07, 6.45) is 18.5. The van der Waals surface area contributed by atoms with Gasteiger partial charge in [-0.3, -0.25) is 0 Å². The molecule has 2 nitrogen and oxygen atoms in total. The van der Waals surface area contributed by atoms with Crippen LogP contribution in [-0.2, 0) is 15.9 Å². The van der Waals surface area contributed by atoms with Crippen LogP contribution in [0, 0.1) is 12.3 Å². The van der Waals surface area contributed by atoms with Gasteiger partial charge in [0.1, 0.15) is 0 Å². The third-order valence-corrected chi connectivity index (χ3v) is 4.45. The molecule has 0 radical (unpaired) electrons. The molecule has 0 saturated carbocycles. The molecule has 0 aliphatic heterocycles. The van der Waals surface area contributed by atoms with Crippen molar-refractivity contribution in [2.45, 2.75) is 71.1 Å². The van der Waals surface area contributed by atoms with Crippen LogP contribution >= 0.6 is 0 Å². The summed E-state index contributed by atoms with van der Waals surface area (Å²) >= 11 is 0. The van der Waals surface area contributed by atoms with Gasteiger partial charge in [-0.25, -0.2) is 0 Å². The Labute approximate surface area is 155 Å². The monoisotopic (exact) mass is 344 g/mol. The van der Waals surface area contributed by atoms with Gasteiger partial charge in [-0.1, -0.05) is 63.0 Å². The molecule has 0 aromatic heterocycles. The zero-order valence-corrected chi connectivity index (χ0v) is 16.1. The highest BCUT2D eigenvalue weighted by Gasteiger charge is 1.96. The molecule has 0 N–H and O–H groups in total. The molecule has 1 aromatic carbocycles. The van der Waals surface area contributed by atoms with E-state index in [-0.39, 0.29) is 0 Å². The Morgan fingerprint density at radius 1 is 0.720 bits per heavy atom. The summed E-state index contributed by atoms with van der Waals surface area (Å²) in [5.41, 5.74) is 2.38. The average Bonchev–Trinajstić information content (AvgIpc) is 2.65. The largest absolute Gasteiger partial charge is 0.379 e. The van der Waals surface area contributed by atoms with Crippen molar-refractivity contribution in [3.8, 4) is 12.3 Å². The van der Waals surface area contributed by atoms with Crippen molar-refractivity contribution < 1.29 is 9.47 Å². The van der Waals surface area contributed by atoms with E-state index in [0.717, 1.165) is 32.0 Å². The highest BCUT2D eigenvalue weighted by atomic mass is 16.5. The van der Waals surface area contributed by atoms with Gasteiger partial charge >= 0.3 is 0 Å². The normalized spacial score (nSPS) is 10.7. The smallest absolute Gasteiger partial charge is 0.0700 e. The lowest BCUT2D eigenvalue weighted by Crippen LogP contribution is -2.04. The van der Waals surface area contributed by atoms with Gasteiger partial charge in [0, 0.05) is 18.8 Å². The molecular weight excluding hydrogens is 308 g/mol.